The van der Waals surface area contributed by atoms with Crippen molar-refractivity contribution in [2.24, 2.45) is 11.1 Å². The molecule has 1 saturated heterocycles. The minimum Gasteiger partial charge on any atom is -0.402 e. The van der Waals surface area contributed by atoms with E-state index in [1.165, 1.54) is 6.07 Å². The molecule has 2 aliphatic rings. The van der Waals surface area contributed by atoms with Crippen LogP contribution in [0.15, 0.2) is 53.7 Å². The van der Waals surface area contributed by atoms with E-state index in [1.54, 1.807) is 12.1 Å². The first-order valence-electron chi connectivity index (χ1n) is 14.4. The Balaban J connectivity index is 1.53. The number of nitrogens with one attached hydrogen (secondary N) is 2. The van der Waals surface area contributed by atoms with E-state index in [0.29, 0.717) is 12.1 Å². The largest absolute Gasteiger partial charge is 0.481 e. The fourth-order valence-electron chi connectivity index (χ4n) is 5.21. The van der Waals surface area contributed by atoms with Crippen molar-refractivity contribution in [1.29, 1.82) is 0 Å². The van der Waals surface area contributed by atoms with Gasteiger partial charge < -0.3 is 45.2 Å². The summed E-state index contributed by atoms with van der Waals surface area (Å²) >= 11 is 5.90. The maximum Gasteiger partial charge on any atom is 0.481 e. The van der Waals surface area contributed by atoms with Gasteiger partial charge in [0.05, 0.1) is 43.6 Å². The summed E-state index contributed by atoms with van der Waals surface area (Å²) in [4.78, 5) is 36.6. The van der Waals surface area contributed by atoms with Crippen molar-refractivity contribution < 1.29 is 44.2 Å². The fourth-order valence-corrected chi connectivity index (χ4v) is 5.38. The molecular formula is C29H38BClN4O9. The second-order valence-corrected chi connectivity index (χ2v) is 11.8. The van der Waals surface area contributed by atoms with Crippen LogP contribution < -0.4 is 10.6 Å². The van der Waals surface area contributed by atoms with Crippen molar-refractivity contribution in [1.82, 2.24) is 15.6 Å². The molecule has 4 rings (SSSR count). The topological polar surface area (TPSA) is 192 Å². The van der Waals surface area contributed by atoms with Crippen molar-refractivity contribution in [3.8, 4) is 0 Å². The zero-order valence-electron chi connectivity index (χ0n) is 24.5. The third-order valence-corrected chi connectivity index (χ3v) is 7.63. The molecule has 3 heterocycles. The summed E-state index contributed by atoms with van der Waals surface area (Å²) in [6.07, 6.45) is -4.68. The summed E-state index contributed by atoms with van der Waals surface area (Å²) in [7, 11) is -1.17. The quantitative estimate of drug-likeness (QED) is 0.132. The number of aliphatic hydroxyl groups is 4. The van der Waals surface area contributed by atoms with Gasteiger partial charge in [-0.25, -0.2) is 4.98 Å². The molecule has 1 aromatic heterocycles. The number of halogens is 1. The van der Waals surface area contributed by atoms with Crippen molar-refractivity contribution in [3.05, 3.63) is 64.9 Å². The predicted molar refractivity (Wildman–Crippen MR) is 161 cm³/mol. The Morgan fingerprint density at radius 1 is 1.14 bits per heavy atom. The number of hydrogen-bond donors (Lipinski definition) is 6. The first-order chi connectivity index (χ1) is 21.0. The molecule has 238 valence electrons. The number of carbonyl (C=O) groups is 2. The van der Waals surface area contributed by atoms with Crippen LogP contribution in [-0.4, -0.2) is 106 Å². The van der Waals surface area contributed by atoms with E-state index in [9.17, 15) is 30.0 Å². The van der Waals surface area contributed by atoms with Crippen molar-refractivity contribution in [3.63, 3.8) is 0 Å². The van der Waals surface area contributed by atoms with Crippen LogP contribution in [0.3, 0.4) is 0 Å². The third-order valence-electron chi connectivity index (χ3n) is 7.42. The van der Waals surface area contributed by atoms with Gasteiger partial charge in [-0.2, -0.15) is 0 Å². The molecule has 6 N–H and O–H groups in total. The normalized spacial score (nSPS) is 24.8. The standard InChI is InChI=1S/C29H38BClN4O9/c1-17(2)11-23(30-42-22(16-37)25(39)26(43-30)21(38)15-36)34-28(41)29(12-18-7-4-3-5-8-18)13-19(35-44-29)14-32-27(40)20-9-6-10-24(31)33-20/h3-10,17,21-23,25-26,36-39H,11-16H2,1-2H3,(H,32,40)(H,34,41)/t21?,22?,23-,25?,26?,29?/m0/s1. The Bertz CT molecular complexity index is 1310. The zero-order valence-corrected chi connectivity index (χ0v) is 25.3. The minimum absolute atomic E-state index is 0.00207. The monoisotopic (exact) mass is 632 g/mol. The molecule has 44 heavy (non-hydrogen) atoms. The summed E-state index contributed by atoms with van der Waals surface area (Å²) in [5, 5.41) is 50.2. The van der Waals surface area contributed by atoms with Gasteiger partial charge in [-0.05, 0) is 30.0 Å². The van der Waals surface area contributed by atoms with Crippen molar-refractivity contribution in [2.75, 3.05) is 19.8 Å². The summed E-state index contributed by atoms with van der Waals surface area (Å²) in [6, 6.07) is 13.9. The number of hydrogen-bond acceptors (Lipinski definition) is 11. The number of nitrogens with zero attached hydrogens (tertiary/aromatic N) is 2. The van der Waals surface area contributed by atoms with E-state index >= 15 is 0 Å². The van der Waals surface area contributed by atoms with Gasteiger partial charge in [-0.15, -0.1) is 0 Å². The highest BCUT2D eigenvalue weighted by atomic mass is 35.5. The van der Waals surface area contributed by atoms with E-state index in [1.807, 2.05) is 44.2 Å². The summed E-state index contributed by atoms with van der Waals surface area (Å²) in [5.74, 6) is -1.74. The lowest BCUT2D eigenvalue weighted by Gasteiger charge is -2.42. The van der Waals surface area contributed by atoms with Crippen LogP contribution in [0.2, 0.25) is 5.15 Å². The molecule has 0 saturated carbocycles. The van der Waals surface area contributed by atoms with Gasteiger partial charge >= 0.3 is 7.12 Å². The molecule has 1 fully saturated rings. The minimum atomic E-state index is -1.49. The summed E-state index contributed by atoms with van der Waals surface area (Å²) in [5.41, 5.74) is -0.122. The molecule has 5 unspecified atom stereocenters. The Kier molecular flexibility index (Phi) is 11.7. The van der Waals surface area contributed by atoms with E-state index in [4.69, 9.17) is 25.7 Å². The Morgan fingerprint density at radius 2 is 1.89 bits per heavy atom. The number of aromatic nitrogens is 1. The molecule has 6 atom stereocenters. The molecular weight excluding hydrogens is 595 g/mol. The average Bonchev–Trinajstić information content (AvgIpc) is 3.43. The van der Waals surface area contributed by atoms with Crippen LogP contribution in [0.1, 0.15) is 42.7 Å². The van der Waals surface area contributed by atoms with E-state index < -0.39 is 68.1 Å². The van der Waals surface area contributed by atoms with E-state index in [2.05, 4.69) is 20.8 Å². The number of aliphatic hydroxyl groups excluding tert-OH is 4. The van der Waals surface area contributed by atoms with Gasteiger partial charge in [0.1, 0.15) is 23.1 Å². The highest BCUT2D eigenvalue weighted by Gasteiger charge is 2.51. The molecule has 15 heteroatoms. The maximum absolute atomic E-state index is 14.1. The van der Waals surface area contributed by atoms with E-state index in [-0.39, 0.29) is 36.2 Å². The molecule has 2 aromatic rings. The van der Waals surface area contributed by atoms with Crippen molar-refractivity contribution >= 4 is 36.2 Å². The molecule has 0 radical (unpaired) electrons. The zero-order chi connectivity index (χ0) is 31.9. The number of carbonyl (C=O) groups excluding carboxylic acids is 2. The molecule has 2 amide bonds. The molecule has 2 aliphatic heterocycles. The van der Waals surface area contributed by atoms with Crippen LogP contribution in [-0.2, 0) is 25.4 Å². The summed E-state index contributed by atoms with van der Waals surface area (Å²) in [6.45, 7) is 2.60. The lowest BCUT2D eigenvalue weighted by Crippen LogP contribution is -2.65. The first kappa shape index (κ1) is 33.8. The van der Waals surface area contributed by atoms with Crippen LogP contribution in [0, 0.1) is 5.92 Å². The number of pyridine rings is 1. The lowest BCUT2D eigenvalue weighted by molar-refractivity contribution is -0.154. The van der Waals surface area contributed by atoms with Gasteiger partial charge in [-0.1, -0.05) is 67.0 Å². The van der Waals surface area contributed by atoms with Crippen molar-refractivity contribution in [2.45, 2.75) is 69.1 Å². The Labute approximate surface area is 260 Å². The Hall–Kier alpha value is -3.11. The van der Waals surface area contributed by atoms with Crippen LogP contribution in [0.5, 0.6) is 0 Å². The number of amides is 2. The van der Waals surface area contributed by atoms with Gasteiger partial charge in [0.25, 0.3) is 11.8 Å². The molecule has 13 nitrogen and oxygen atoms in total. The third kappa shape index (κ3) is 8.33. The van der Waals surface area contributed by atoms with Gasteiger partial charge in [0.2, 0.25) is 5.60 Å². The molecule has 1 aromatic carbocycles. The smallest absolute Gasteiger partial charge is 0.402 e. The number of oxime groups is 1. The van der Waals surface area contributed by atoms with Crippen LogP contribution >= 0.6 is 11.6 Å². The predicted octanol–water partition coefficient (Wildman–Crippen LogP) is 0.271. The SMILES string of the molecule is CC(C)C[C@H](NC(=O)C1(Cc2ccccc2)CC(CNC(=O)c2cccc(Cl)n2)=NO1)B1OC(CO)C(O)C(C(O)CO)O1. The highest BCUT2D eigenvalue weighted by molar-refractivity contribution is 6.47. The van der Waals surface area contributed by atoms with Crippen LogP contribution in [0.25, 0.3) is 0 Å². The summed E-state index contributed by atoms with van der Waals surface area (Å²) < 4.78 is 11.7. The second kappa shape index (κ2) is 15.3. The number of benzene rings is 1. The lowest BCUT2D eigenvalue weighted by atomic mass is 9.71. The van der Waals surface area contributed by atoms with Gasteiger partial charge in [-0.3, -0.25) is 9.59 Å². The second-order valence-electron chi connectivity index (χ2n) is 11.4. The molecule has 0 aliphatic carbocycles. The van der Waals surface area contributed by atoms with E-state index in [0.717, 1.165) is 5.56 Å². The molecule has 0 bridgehead atoms. The highest BCUT2D eigenvalue weighted by Crippen LogP contribution is 2.30. The fraction of sp³-hybridized carbons (Fsp3) is 0.517. The average molecular weight is 633 g/mol. The first-order valence-corrected chi connectivity index (χ1v) is 14.8. The van der Waals surface area contributed by atoms with Gasteiger partial charge in [0.15, 0.2) is 0 Å². The number of rotatable bonds is 13. The maximum atomic E-state index is 14.1. The Morgan fingerprint density at radius 3 is 2.55 bits per heavy atom. The van der Waals surface area contributed by atoms with Gasteiger partial charge in [0, 0.05) is 12.8 Å². The molecule has 0 spiro atoms. The van der Waals surface area contributed by atoms with Crippen LogP contribution in [0.4, 0.5) is 0 Å².